The molecule has 2 aromatic rings. The molecule has 29 heavy (non-hydrogen) atoms. The molecule has 0 spiro atoms. The monoisotopic (exact) mass is 441 g/mol. The van der Waals surface area contributed by atoms with Gasteiger partial charge in [-0.2, -0.15) is 0 Å². The van der Waals surface area contributed by atoms with Crippen molar-refractivity contribution in [2.24, 2.45) is 0 Å². The molecule has 1 aliphatic heterocycles. The van der Waals surface area contributed by atoms with E-state index in [4.69, 9.17) is 9.47 Å². The zero-order valence-corrected chi connectivity index (χ0v) is 17.2. The lowest BCUT2D eigenvalue weighted by Gasteiger charge is -2.34. The van der Waals surface area contributed by atoms with E-state index in [1.807, 2.05) is 0 Å². The van der Waals surface area contributed by atoms with Crippen LogP contribution in [0.1, 0.15) is 6.92 Å². The van der Waals surface area contributed by atoms with E-state index in [-0.39, 0.29) is 27.0 Å². The lowest BCUT2D eigenvalue weighted by atomic mass is 10.2. The molecule has 0 saturated heterocycles. The number of sulfone groups is 1. The Balaban J connectivity index is 2.16. The second-order valence-electron chi connectivity index (χ2n) is 6.19. The van der Waals surface area contributed by atoms with Crippen molar-refractivity contribution in [2.45, 2.75) is 22.8 Å². The first-order valence-electron chi connectivity index (χ1n) is 8.53. The standard InChI is InChI=1S/C18H19NO8S2/c1-3-28(22,23)14-8-9-16-15(10-14)19(11-17(27-16)18(20)21)29(24,25)13-6-4-12(26-2)5-7-13/h4-10,17H,3,11H2,1-2H3,(H,20,21)/t17-/m1/s1. The summed E-state index contributed by atoms with van der Waals surface area (Å²) in [6.07, 6.45) is -1.44. The summed E-state index contributed by atoms with van der Waals surface area (Å²) in [7, 11) is -6.37. The van der Waals surface area contributed by atoms with E-state index < -0.39 is 38.5 Å². The van der Waals surface area contributed by atoms with Crippen molar-refractivity contribution in [3.05, 3.63) is 42.5 Å². The number of methoxy groups -OCH3 is 1. The molecule has 1 N–H and O–H groups in total. The molecule has 9 nitrogen and oxygen atoms in total. The van der Waals surface area contributed by atoms with Crippen LogP contribution in [-0.2, 0) is 24.7 Å². The molecule has 0 aromatic heterocycles. The smallest absolute Gasteiger partial charge is 0.346 e. The number of benzene rings is 2. The van der Waals surface area contributed by atoms with Gasteiger partial charge in [-0.05, 0) is 42.5 Å². The molecule has 0 radical (unpaired) electrons. The third-order valence-electron chi connectivity index (χ3n) is 4.46. The van der Waals surface area contributed by atoms with Crippen molar-refractivity contribution in [3.63, 3.8) is 0 Å². The third kappa shape index (κ3) is 3.87. The average molecular weight is 441 g/mol. The van der Waals surface area contributed by atoms with Crippen LogP contribution in [0, 0.1) is 0 Å². The van der Waals surface area contributed by atoms with Crippen LogP contribution in [0.3, 0.4) is 0 Å². The molecule has 0 bridgehead atoms. The van der Waals surface area contributed by atoms with Gasteiger partial charge in [0.25, 0.3) is 10.0 Å². The van der Waals surface area contributed by atoms with Crippen molar-refractivity contribution >= 4 is 31.5 Å². The zero-order valence-electron chi connectivity index (χ0n) is 15.6. The van der Waals surface area contributed by atoms with Gasteiger partial charge in [0.1, 0.15) is 11.5 Å². The van der Waals surface area contributed by atoms with Crippen LogP contribution >= 0.6 is 0 Å². The Hall–Kier alpha value is -2.79. The lowest BCUT2D eigenvalue weighted by molar-refractivity contribution is -0.144. The van der Waals surface area contributed by atoms with E-state index in [9.17, 15) is 26.7 Å². The number of anilines is 1. The Kier molecular flexibility index (Phi) is 5.46. The number of carbonyl (C=O) groups is 1. The molecule has 11 heteroatoms. The van der Waals surface area contributed by atoms with Crippen LogP contribution < -0.4 is 13.8 Å². The van der Waals surface area contributed by atoms with E-state index in [1.54, 1.807) is 0 Å². The highest BCUT2D eigenvalue weighted by Crippen LogP contribution is 2.39. The SMILES string of the molecule is CCS(=O)(=O)c1ccc2c(c1)N(S(=O)(=O)c1ccc(OC)cc1)C[C@H](C(=O)O)O2. The van der Waals surface area contributed by atoms with Crippen LogP contribution in [0.25, 0.3) is 0 Å². The maximum Gasteiger partial charge on any atom is 0.346 e. The van der Waals surface area contributed by atoms with E-state index >= 15 is 0 Å². The summed E-state index contributed by atoms with van der Waals surface area (Å²) >= 11 is 0. The Labute approximate surface area is 168 Å². The maximum atomic E-state index is 13.2. The normalized spacial score (nSPS) is 16.6. The molecule has 3 rings (SSSR count). The van der Waals surface area contributed by atoms with Crippen LogP contribution in [0.15, 0.2) is 52.3 Å². The Bertz CT molecular complexity index is 1140. The molecule has 0 fully saturated rings. The number of carboxylic acid groups (broad SMARTS) is 1. The topological polar surface area (TPSA) is 127 Å². The summed E-state index contributed by atoms with van der Waals surface area (Å²) in [4.78, 5) is 11.3. The van der Waals surface area contributed by atoms with Crippen LogP contribution in [-0.4, -0.2) is 53.4 Å². The molecule has 0 saturated carbocycles. The molecule has 156 valence electrons. The molecule has 0 amide bonds. The minimum atomic E-state index is -4.20. The average Bonchev–Trinajstić information content (AvgIpc) is 2.72. The molecule has 2 aromatic carbocycles. The van der Waals surface area contributed by atoms with E-state index in [0.29, 0.717) is 5.75 Å². The molecule has 0 unspecified atom stereocenters. The van der Waals surface area contributed by atoms with Gasteiger partial charge >= 0.3 is 5.97 Å². The highest BCUT2D eigenvalue weighted by molar-refractivity contribution is 7.93. The maximum absolute atomic E-state index is 13.2. The molecule has 0 aliphatic carbocycles. The van der Waals surface area contributed by atoms with E-state index in [1.165, 1.54) is 56.5 Å². The summed E-state index contributed by atoms with van der Waals surface area (Å²) in [6.45, 7) is 0.962. The minimum absolute atomic E-state index is 0.0317. The van der Waals surface area contributed by atoms with Crippen LogP contribution in [0.2, 0.25) is 0 Å². The highest BCUT2D eigenvalue weighted by Gasteiger charge is 2.38. The first-order valence-corrected chi connectivity index (χ1v) is 11.6. The molecular weight excluding hydrogens is 422 g/mol. The first kappa shape index (κ1) is 20.9. The van der Waals surface area contributed by atoms with Crippen LogP contribution in [0.5, 0.6) is 11.5 Å². The fourth-order valence-corrected chi connectivity index (χ4v) is 5.19. The summed E-state index contributed by atoms with van der Waals surface area (Å²) in [5.41, 5.74) is -0.0344. The van der Waals surface area contributed by atoms with Crippen molar-refractivity contribution in [3.8, 4) is 11.5 Å². The fourth-order valence-electron chi connectivity index (χ4n) is 2.82. The Morgan fingerprint density at radius 3 is 2.31 bits per heavy atom. The van der Waals surface area contributed by atoms with Gasteiger partial charge in [-0.15, -0.1) is 0 Å². The lowest BCUT2D eigenvalue weighted by Crippen LogP contribution is -2.47. The Morgan fingerprint density at radius 1 is 1.14 bits per heavy atom. The van der Waals surface area contributed by atoms with Crippen molar-refractivity contribution in [2.75, 3.05) is 23.7 Å². The summed E-state index contributed by atoms with van der Waals surface area (Å²) in [5, 5.41) is 9.35. The molecule has 1 heterocycles. The van der Waals surface area contributed by atoms with Crippen molar-refractivity contribution in [1.82, 2.24) is 0 Å². The predicted octanol–water partition coefficient (Wildman–Crippen LogP) is 1.53. The van der Waals surface area contributed by atoms with E-state index in [0.717, 1.165) is 4.31 Å². The Morgan fingerprint density at radius 2 is 1.76 bits per heavy atom. The second-order valence-corrected chi connectivity index (χ2v) is 10.3. The number of rotatable bonds is 6. The molecule has 1 aliphatic rings. The van der Waals surface area contributed by atoms with Gasteiger partial charge in [-0.1, -0.05) is 6.92 Å². The van der Waals surface area contributed by atoms with Crippen molar-refractivity contribution < 1.29 is 36.2 Å². The zero-order chi connectivity index (χ0) is 21.4. The second kappa shape index (κ2) is 7.56. The number of ether oxygens (including phenoxy) is 2. The number of hydrogen-bond donors (Lipinski definition) is 1. The third-order valence-corrected chi connectivity index (χ3v) is 7.99. The van der Waals surface area contributed by atoms with Gasteiger partial charge in [0, 0.05) is 0 Å². The van der Waals surface area contributed by atoms with Gasteiger partial charge in [-0.3, -0.25) is 4.31 Å². The number of sulfonamides is 1. The van der Waals surface area contributed by atoms with Gasteiger partial charge in [0.2, 0.25) is 6.10 Å². The van der Waals surface area contributed by atoms with Gasteiger partial charge in [0.15, 0.2) is 9.84 Å². The summed E-state index contributed by atoms with van der Waals surface area (Å²) in [5.74, 6) is -1.09. The molecule has 1 atom stereocenters. The summed E-state index contributed by atoms with van der Waals surface area (Å²) < 4.78 is 62.2. The minimum Gasteiger partial charge on any atom is -0.497 e. The molecular formula is C18H19NO8S2. The van der Waals surface area contributed by atoms with Crippen LogP contribution in [0.4, 0.5) is 5.69 Å². The number of carboxylic acids is 1. The predicted molar refractivity (Wildman–Crippen MR) is 104 cm³/mol. The highest BCUT2D eigenvalue weighted by atomic mass is 32.2. The fraction of sp³-hybridized carbons (Fsp3) is 0.278. The van der Waals surface area contributed by atoms with Gasteiger partial charge < -0.3 is 14.6 Å². The number of fused-ring (bicyclic) bond motifs is 1. The first-order chi connectivity index (χ1) is 13.6. The van der Waals surface area contributed by atoms with Gasteiger partial charge in [-0.25, -0.2) is 21.6 Å². The van der Waals surface area contributed by atoms with Crippen molar-refractivity contribution in [1.29, 1.82) is 0 Å². The number of aliphatic carboxylic acids is 1. The number of nitrogens with zero attached hydrogens (tertiary/aromatic N) is 1. The van der Waals surface area contributed by atoms with E-state index in [2.05, 4.69) is 0 Å². The number of hydrogen-bond acceptors (Lipinski definition) is 7. The quantitative estimate of drug-likeness (QED) is 0.715. The summed E-state index contributed by atoms with van der Waals surface area (Å²) in [6, 6.07) is 9.29. The van der Waals surface area contributed by atoms with Gasteiger partial charge in [0.05, 0.1) is 34.9 Å². The largest absolute Gasteiger partial charge is 0.497 e.